The molecule has 2 aromatic rings. The molecule has 1 aromatic heterocycles. The van der Waals surface area contributed by atoms with Gasteiger partial charge in [-0.1, -0.05) is 29.3 Å². The molecule has 3 rings (SSSR count). The molecule has 138 valence electrons. The molecule has 0 aliphatic carbocycles. The first-order valence-electron chi connectivity index (χ1n) is 8.81. The number of hydrogen-bond acceptors (Lipinski definition) is 3. The molecular weight excluding hydrogens is 350 g/mol. The fraction of sp³-hybridized carbons (Fsp3) is 0.400. The molecule has 5 nitrogen and oxygen atoms in total. The molecule has 0 bridgehead atoms. The first-order chi connectivity index (χ1) is 12.3. The summed E-state index contributed by atoms with van der Waals surface area (Å²) in [6.07, 6.45) is 0. The molecule has 1 aliphatic rings. The van der Waals surface area contributed by atoms with E-state index in [4.69, 9.17) is 11.6 Å². The second-order valence-electron chi connectivity index (χ2n) is 7.02. The molecule has 1 N–H and O–H groups in total. The molecule has 1 aromatic carbocycles. The number of piperazine rings is 1. The molecule has 0 radical (unpaired) electrons. The van der Waals surface area contributed by atoms with Crippen molar-refractivity contribution < 1.29 is 4.79 Å². The topological polar surface area (TPSA) is 56.4 Å². The third kappa shape index (κ3) is 3.36. The maximum Gasteiger partial charge on any atom is 0.261 e. The van der Waals surface area contributed by atoms with E-state index < -0.39 is 0 Å². The predicted octanol–water partition coefficient (Wildman–Crippen LogP) is 3.30. The lowest BCUT2D eigenvalue weighted by molar-refractivity contribution is 0.0671. The molecular formula is C20H24ClN3O2. The molecule has 26 heavy (non-hydrogen) atoms. The second-order valence-corrected chi connectivity index (χ2v) is 7.40. The second kappa shape index (κ2) is 7.16. The zero-order valence-electron chi connectivity index (χ0n) is 15.6. The largest absolute Gasteiger partial charge is 0.368 e. The minimum absolute atomic E-state index is 0.00330. The lowest BCUT2D eigenvalue weighted by Crippen LogP contribution is -2.55. The van der Waals surface area contributed by atoms with Crippen LogP contribution in [0.4, 0.5) is 5.69 Å². The highest BCUT2D eigenvalue weighted by atomic mass is 35.5. The van der Waals surface area contributed by atoms with Crippen LogP contribution in [0, 0.1) is 20.8 Å². The van der Waals surface area contributed by atoms with Gasteiger partial charge in [0, 0.05) is 37.1 Å². The van der Waals surface area contributed by atoms with Gasteiger partial charge in [0.2, 0.25) is 0 Å². The number of carbonyl (C=O) groups excluding carboxylic acids is 1. The quantitative estimate of drug-likeness (QED) is 0.878. The average Bonchev–Trinajstić information content (AvgIpc) is 2.60. The maximum atomic E-state index is 13.0. The number of H-pyrrole nitrogens is 1. The Kier molecular flexibility index (Phi) is 5.10. The van der Waals surface area contributed by atoms with E-state index in [-0.39, 0.29) is 23.1 Å². The van der Waals surface area contributed by atoms with Gasteiger partial charge in [-0.05, 0) is 45.4 Å². The zero-order chi connectivity index (χ0) is 19.0. The van der Waals surface area contributed by atoms with Crippen molar-refractivity contribution in [2.75, 3.05) is 24.5 Å². The highest BCUT2D eigenvalue weighted by Crippen LogP contribution is 2.23. The Morgan fingerprint density at radius 3 is 2.42 bits per heavy atom. The molecule has 6 heteroatoms. The number of halogens is 1. The molecule has 1 saturated heterocycles. The average molecular weight is 374 g/mol. The number of carbonyl (C=O) groups is 1. The predicted molar refractivity (Wildman–Crippen MR) is 105 cm³/mol. The van der Waals surface area contributed by atoms with Crippen LogP contribution in [-0.2, 0) is 0 Å². The molecule has 1 atom stereocenters. The number of aromatic nitrogens is 1. The lowest BCUT2D eigenvalue weighted by atomic mass is 10.1. The Morgan fingerprint density at radius 2 is 1.81 bits per heavy atom. The molecule has 1 amide bonds. The third-order valence-corrected chi connectivity index (χ3v) is 5.63. The van der Waals surface area contributed by atoms with Gasteiger partial charge in [-0.25, -0.2) is 0 Å². The van der Waals surface area contributed by atoms with Gasteiger partial charge < -0.3 is 14.8 Å². The van der Waals surface area contributed by atoms with Crippen LogP contribution >= 0.6 is 11.6 Å². The standard InChI is InChI=1S/C20H24ClN3O2/c1-12-5-7-16(8-6-12)23-9-10-24(13(2)11-23)20(26)17-14(3)18(21)15(4)22-19(17)25/h5-8,13H,9-11H2,1-4H3,(H,22,25)/t13-/m1/s1. The summed E-state index contributed by atoms with van der Waals surface area (Å²) in [5.41, 5.74) is 3.29. The van der Waals surface area contributed by atoms with Crippen molar-refractivity contribution in [2.45, 2.75) is 33.7 Å². The van der Waals surface area contributed by atoms with E-state index in [0.717, 1.165) is 18.8 Å². The monoisotopic (exact) mass is 373 g/mol. The number of anilines is 1. The number of benzene rings is 1. The minimum atomic E-state index is -0.373. The summed E-state index contributed by atoms with van der Waals surface area (Å²) in [4.78, 5) is 32.1. The van der Waals surface area contributed by atoms with E-state index in [1.54, 1.807) is 18.7 Å². The Bertz CT molecular complexity index is 889. The summed E-state index contributed by atoms with van der Waals surface area (Å²) < 4.78 is 0. The number of aromatic amines is 1. The van der Waals surface area contributed by atoms with Crippen LogP contribution in [0.1, 0.15) is 34.1 Å². The molecule has 0 spiro atoms. The van der Waals surface area contributed by atoms with Gasteiger partial charge in [-0.3, -0.25) is 9.59 Å². The van der Waals surface area contributed by atoms with Crippen molar-refractivity contribution in [3.8, 4) is 0 Å². The third-order valence-electron chi connectivity index (χ3n) is 5.06. The van der Waals surface area contributed by atoms with Crippen LogP contribution in [0.2, 0.25) is 5.02 Å². The normalized spacial score (nSPS) is 17.5. The van der Waals surface area contributed by atoms with E-state index in [9.17, 15) is 9.59 Å². The van der Waals surface area contributed by atoms with Crippen LogP contribution in [-0.4, -0.2) is 41.5 Å². The van der Waals surface area contributed by atoms with Crippen LogP contribution in [0.25, 0.3) is 0 Å². The zero-order valence-corrected chi connectivity index (χ0v) is 16.4. The summed E-state index contributed by atoms with van der Waals surface area (Å²) >= 11 is 6.24. The lowest BCUT2D eigenvalue weighted by Gasteiger charge is -2.41. The van der Waals surface area contributed by atoms with Gasteiger partial charge in [0.25, 0.3) is 11.5 Å². The smallest absolute Gasteiger partial charge is 0.261 e. The SMILES string of the molecule is Cc1ccc(N2CCN(C(=O)c3c(C)c(Cl)c(C)[nH]c3=O)[C@H](C)C2)cc1. The van der Waals surface area contributed by atoms with Crippen molar-refractivity contribution in [1.29, 1.82) is 0 Å². The van der Waals surface area contributed by atoms with Gasteiger partial charge in [-0.15, -0.1) is 0 Å². The summed E-state index contributed by atoms with van der Waals surface area (Å²) in [7, 11) is 0. The van der Waals surface area contributed by atoms with Crippen LogP contribution in [0.15, 0.2) is 29.1 Å². The molecule has 0 unspecified atom stereocenters. The van der Waals surface area contributed by atoms with E-state index in [2.05, 4.69) is 41.1 Å². The summed E-state index contributed by atoms with van der Waals surface area (Å²) in [6, 6.07) is 8.39. The number of aryl methyl sites for hydroxylation is 2. The fourth-order valence-corrected chi connectivity index (χ4v) is 3.64. The highest BCUT2D eigenvalue weighted by molar-refractivity contribution is 6.32. The number of nitrogens with zero attached hydrogens (tertiary/aromatic N) is 2. The maximum absolute atomic E-state index is 13.0. The van der Waals surface area contributed by atoms with Crippen LogP contribution < -0.4 is 10.5 Å². The van der Waals surface area contributed by atoms with Crippen molar-refractivity contribution >= 4 is 23.2 Å². The Morgan fingerprint density at radius 1 is 1.15 bits per heavy atom. The number of hydrogen-bond donors (Lipinski definition) is 1. The molecule has 0 saturated carbocycles. The van der Waals surface area contributed by atoms with Crippen molar-refractivity contribution in [1.82, 2.24) is 9.88 Å². The Hall–Kier alpha value is -2.27. The molecule has 2 heterocycles. The summed E-state index contributed by atoms with van der Waals surface area (Å²) in [6.45, 7) is 9.56. The number of nitrogens with one attached hydrogen (secondary N) is 1. The first-order valence-corrected chi connectivity index (χ1v) is 9.19. The number of amides is 1. The van der Waals surface area contributed by atoms with Gasteiger partial charge in [0.1, 0.15) is 5.56 Å². The van der Waals surface area contributed by atoms with Crippen molar-refractivity contribution in [3.05, 3.63) is 62.0 Å². The van der Waals surface area contributed by atoms with Gasteiger partial charge in [0.05, 0.1) is 5.02 Å². The van der Waals surface area contributed by atoms with Gasteiger partial charge >= 0.3 is 0 Å². The van der Waals surface area contributed by atoms with Crippen molar-refractivity contribution in [3.63, 3.8) is 0 Å². The Labute approximate surface area is 158 Å². The molecule has 1 fully saturated rings. The van der Waals surface area contributed by atoms with Crippen molar-refractivity contribution in [2.24, 2.45) is 0 Å². The number of pyridine rings is 1. The van der Waals surface area contributed by atoms with E-state index >= 15 is 0 Å². The van der Waals surface area contributed by atoms with Crippen LogP contribution in [0.5, 0.6) is 0 Å². The summed E-state index contributed by atoms with van der Waals surface area (Å²) in [5, 5.41) is 0.443. The first kappa shape index (κ1) is 18.5. The summed E-state index contributed by atoms with van der Waals surface area (Å²) in [5.74, 6) is -0.248. The van der Waals surface area contributed by atoms with Gasteiger partial charge in [-0.2, -0.15) is 0 Å². The minimum Gasteiger partial charge on any atom is -0.368 e. The van der Waals surface area contributed by atoms with E-state index in [0.29, 0.717) is 22.8 Å². The Balaban J connectivity index is 1.82. The van der Waals surface area contributed by atoms with E-state index in [1.807, 2.05) is 6.92 Å². The number of rotatable bonds is 2. The van der Waals surface area contributed by atoms with E-state index in [1.165, 1.54) is 5.56 Å². The highest BCUT2D eigenvalue weighted by Gasteiger charge is 2.31. The van der Waals surface area contributed by atoms with Gasteiger partial charge in [0.15, 0.2) is 0 Å². The van der Waals surface area contributed by atoms with Crippen LogP contribution in [0.3, 0.4) is 0 Å². The fourth-order valence-electron chi connectivity index (χ4n) is 3.50. The molecule has 1 aliphatic heterocycles.